The third-order valence-electron chi connectivity index (χ3n) is 12.1. The second-order valence-electron chi connectivity index (χ2n) is 10.9. The molecule has 0 saturated heterocycles. The first-order chi connectivity index (χ1) is 10.2. The van der Waals surface area contributed by atoms with E-state index in [0.29, 0.717) is 27.1 Å². The lowest BCUT2D eigenvalue weighted by Gasteiger charge is -2.85. The van der Waals surface area contributed by atoms with Crippen LogP contribution in [-0.4, -0.2) is 0 Å². The SMILES string of the molecule is CCC12CC3(CCC(C)C31C)C1C3(C)CC(C)C3(CC)C12C. The minimum absolute atomic E-state index is 0.638. The zero-order chi connectivity index (χ0) is 16.0. The largest absolute Gasteiger partial charge is 0.0648 e. The van der Waals surface area contributed by atoms with Crippen molar-refractivity contribution in [1.29, 1.82) is 0 Å². The molecule has 22 heavy (non-hydrogen) atoms. The number of rotatable bonds is 2. The van der Waals surface area contributed by atoms with Gasteiger partial charge in [0.25, 0.3) is 0 Å². The molecule has 5 fully saturated rings. The number of hydrogen-bond acceptors (Lipinski definition) is 0. The lowest BCUT2D eigenvalue weighted by molar-refractivity contribution is -0.375. The Bertz CT molecular complexity index is 579. The highest BCUT2D eigenvalue weighted by Gasteiger charge is 3.01. The maximum atomic E-state index is 2.78. The van der Waals surface area contributed by atoms with Crippen LogP contribution in [0.5, 0.6) is 0 Å². The molecule has 2 bridgehead atoms. The van der Waals surface area contributed by atoms with Gasteiger partial charge in [0.2, 0.25) is 0 Å². The summed E-state index contributed by atoms with van der Waals surface area (Å²) in [6.45, 7) is 18.5. The normalized spacial score (nSPS) is 73.5. The Hall–Kier alpha value is 0. The summed E-state index contributed by atoms with van der Waals surface area (Å²) in [4.78, 5) is 0. The van der Waals surface area contributed by atoms with Gasteiger partial charge in [-0.2, -0.15) is 0 Å². The van der Waals surface area contributed by atoms with Gasteiger partial charge in [-0.3, -0.25) is 0 Å². The predicted octanol–water partition coefficient (Wildman–Crippen LogP) is 6.30. The van der Waals surface area contributed by atoms with Gasteiger partial charge in [-0.25, -0.2) is 0 Å². The zero-order valence-corrected chi connectivity index (χ0v) is 16.0. The molecule has 0 spiro atoms. The Morgan fingerprint density at radius 3 is 2.14 bits per heavy atom. The molecule has 0 nitrogen and oxygen atoms in total. The van der Waals surface area contributed by atoms with Crippen molar-refractivity contribution >= 4 is 0 Å². The summed E-state index contributed by atoms with van der Waals surface area (Å²) in [6, 6.07) is 0. The van der Waals surface area contributed by atoms with Crippen LogP contribution in [0.3, 0.4) is 0 Å². The Morgan fingerprint density at radius 2 is 1.59 bits per heavy atom. The molecule has 0 radical (unpaired) electrons. The van der Waals surface area contributed by atoms with Crippen molar-refractivity contribution in [3.05, 3.63) is 0 Å². The van der Waals surface area contributed by atoms with Crippen LogP contribution in [0.4, 0.5) is 0 Å². The van der Waals surface area contributed by atoms with Crippen molar-refractivity contribution in [2.45, 2.75) is 87.0 Å². The highest BCUT2D eigenvalue weighted by atomic mass is 15.0. The van der Waals surface area contributed by atoms with Crippen LogP contribution in [0, 0.1) is 50.2 Å². The van der Waals surface area contributed by atoms with Gasteiger partial charge < -0.3 is 0 Å². The maximum Gasteiger partial charge on any atom is -0.0155 e. The van der Waals surface area contributed by atoms with Gasteiger partial charge in [0.15, 0.2) is 0 Å². The first-order valence-electron chi connectivity index (χ1n) is 10.2. The zero-order valence-electron chi connectivity index (χ0n) is 16.0. The van der Waals surface area contributed by atoms with Crippen molar-refractivity contribution < 1.29 is 0 Å². The second-order valence-corrected chi connectivity index (χ2v) is 10.9. The van der Waals surface area contributed by atoms with Gasteiger partial charge in [-0.05, 0) is 88.8 Å². The molecule has 9 atom stereocenters. The fourth-order valence-corrected chi connectivity index (χ4v) is 12.2. The quantitative estimate of drug-likeness (QED) is 0.561. The van der Waals surface area contributed by atoms with E-state index in [0.717, 1.165) is 23.2 Å². The molecule has 0 heterocycles. The van der Waals surface area contributed by atoms with E-state index in [1.165, 1.54) is 25.7 Å². The first kappa shape index (κ1) is 14.4. The van der Waals surface area contributed by atoms with E-state index in [2.05, 4.69) is 48.5 Å². The Labute approximate surface area is 137 Å². The highest BCUT2D eigenvalue weighted by molar-refractivity contribution is 5.48. The molecular weight excluding hydrogens is 264 g/mol. The molecule has 124 valence electrons. The molecule has 0 aromatic rings. The van der Waals surface area contributed by atoms with E-state index in [4.69, 9.17) is 0 Å². The Morgan fingerprint density at radius 1 is 0.909 bits per heavy atom. The van der Waals surface area contributed by atoms with Crippen LogP contribution in [-0.2, 0) is 0 Å². The lowest BCUT2D eigenvalue weighted by atomic mass is 9.19. The average molecular weight is 301 g/mol. The van der Waals surface area contributed by atoms with Crippen molar-refractivity contribution in [2.75, 3.05) is 0 Å². The van der Waals surface area contributed by atoms with E-state index in [1.54, 1.807) is 12.8 Å². The summed E-state index contributed by atoms with van der Waals surface area (Å²) >= 11 is 0. The van der Waals surface area contributed by atoms with Gasteiger partial charge in [-0.1, -0.05) is 48.5 Å². The summed E-state index contributed by atoms with van der Waals surface area (Å²) in [7, 11) is 0. The summed E-state index contributed by atoms with van der Waals surface area (Å²) < 4.78 is 0. The van der Waals surface area contributed by atoms with Gasteiger partial charge in [0.1, 0.15) is 0 Å². The molecule has 5 aliphatic rings. The molecule has 0 aromatic heterocycles. The van der Waals surface area contributed by atoms with Crippen LogP contribution in [0.15, 0.2) is 0 Å². The Balaban J connectivity index is 1.79. The summed E-state index contributed by atoms with van der Waals surface area (Å²) in [5.74, 6) is 2.96. The molecule has 0 amide bonds. The molecule has 0 aliphatic heterocycles. The Kier molecular flexibility index (Phi) is 2.11. The first-order valence-corrected chi connectivity index (χ1v) is 10.2. The monoisotopic (exact) mass is 300 g/mol. The van der Waals surface area contributed by atoms with Gasteiger partial charge in [0, 0.05) is 0 Å². The second kappa shape index (κ2) is 3.23. The third-order valence-corrected chi connectivity index (χ3v) is 12.1. The van der Waals surface area contributed by atoms with Gasteiger partial charge in [0.05, 0.1) is 0 Å². The molecule has 0 heteroatoms. The topological polar surface area (TPSA) is 0 Å². The maximum absolute atomic E-state index is 2.78. The van der Waals surface area contributed by atoms with Crippen LogP contribution < -0.4 is 0 Å². The summed E-state index contributed by atoms with van der Waals surface area (Å²) in [5, 5.41) is 0. The van der Waals surface area contributed by atoms with E-state index in [1.807, 2.05) is 0 Å². The molecule has 5 aliphatic carbocycles. The van der Waals surface area contributed by atoms with Crippen LogP contribution in [0.1, 0.15) is 87.0 Å². The molecular formula is C22H36. The number of hydrogen-bond donors (Lipinski definition) is 0. The molecule has 0 aromatic carbocycles. The van der Waals surface area contributed by atoms with Crippen molar-refractivity contribution in [3.63, 3.8) is 0 Å². The van der Waals surface area contributed by atoms with E-state index in [9.17, 15) is 0 Å². The molecule has 5 saturated carbocycles. The average Bonchev–Trinajstić information content (AvgIpc) is 2.86. The fraction of sp³-hybridized carbons (Fsp3) is 1.00. The summed E-state index contributed by atoms with van der Waals surface area (Å²) in [5.41, 5.74) is 4.01. The smallest absolute Gasteiger partial charge is 0.0155 e. The van der Waals surface area contributed by atoms with E-state index < -0.39 is 0 Å². The minimum Gasteiger partial charge on any atom is -0.0648 e. The molecule has 0 N–H and O–H groups in total. The van der Waals surface area contributed by atoms with Crippen molar-refractivity contribution in [1.82, 2.24) is 0 Å². The lowest BCUT2D eigenvalue weighted by Crippen LogP contribution is -2.80. The van der Waals surface area contributed by atoms with Gasteiger partial charge in [-0.15, -0.1) is 0 Å². The molecule has 5 rings (SSSR count). The van der Waals surface area contributed by atoms with E-state index >= 15 is 0 Å². The van der Waals surface area contributed by atoms with Crippen LogP contribution >= 0.6 is 0 Å². The number of fused-ring (bicyclic) bond motifs is 5. The molecule has 9 unspecified atom stereocenters. The van der Waals surface area contributed by atoms with E-state index in [-0.39, 0.29) is 0 Å². The van der Waals surface area contributed by atoms with Crippen molar-refractivity contribution in [2.24, 2.45) is 50.2 Å². The van der Waals surface area contributed by atoms with Gasteiger partial charge >= 0.3 is 0 Å². The van der Waals surface area contributed by atoms with Crippen LogP contribution in [0.25, 0.3) is 0 Å². The third kappa shape index (κ3) is 0.752. The minimum atomic E-state index is 0.638. The van der Waals surface area contributed by atoms with Crippen molar-refractivity contribution in [3.8, 4) is 0 Å². The highest BCUT2D eigenvalue weighted by Crippen LogP contribution is 3.06. The fourth-order valence-electron chi connectivity index (χ4n) is 12.2. The van der Waals surface area contributed by atoms with Crippen LogP contribution in [0.2, 0.25) is 0 Å². The predicted molar refractivity (Wildman–Crippen MR) is 92.5 cm³/mol. The summed E-state index contributed by atoms with van der Waals surface area (Å²) in [6.07, 6.45) is 9.04. The standard InChI is InChI=1S/C22H36/c1-8-21-13-20(11-10-14(3)18(20,21)6)16-17(5)12-15(4)22(17,9-2)19(16,21)7/h14-16H,8-13H2,1-7H3.